The van der Waals surface area contributed by atoms with Crippen LogP contribution in [0.15, 0.2) is 71.3 Å². The Kier molecular flexibility index (Phi) is 5.79. The van der Waals surface area contributed by atoms with Gasteiger partial charge in [0.05, 0.1) is 12.2 Å². The van der Waals surface area contributed by atoms with Crippen molar-refractivity contribution >= 4 is 39.2 Å². The summed E-state index contributed by atoms with van der Waals surface area (Å²) < 4.78 is 1.06. The summed E-state index contributed by atoms with van der Waals surface area (Å²) in [5.41, 5.74) is 2.05. The first-order valence-corrected chi connectivity index (χ1v) is 9.41. The van der Waals surface area contributed by atoms with Crippen molar-refractivity contribution in [1.29, 1.82) is 0 Å². The van der Waals surface area contributed by atoms with Gasteiger partial charge in [0.2, 0.25) is 5.91 Å². The number of amides is 1. The molecule has 0 spiro atoms. The van der Waals surface area contributed by atoms with Crippen LogP contribution in [0.2, 0.25) is 0 Å². The number of thiophene rings is 1. The van der Waals surface area contributed by atoms with Crippen molar-refractivity contribution < 1.29 is 4.79 Å². The molecule has 5 heteroatoms. The van der Waals surface area contributed by atoms with E-state index in [4.69, 9.17) is 0 Å². The first-order valence-electron chi connectivity index (χ1n) is 7.81. The van der Waals surface area contributed by atoms with E-state index in [9.17, 15) is 4.79 Å². The molecule has 0 saturated carbocycles. The lowest BCUT2D eigenvalue weighted by Crippen LogP contribution is -2.24. The van der Waals surface area contributed by atoms with Gasteiger partial charge < -0.3 is 4.90 Å². The number of nitrogens with zero attached hydrogens (tertiary/aromatic N) is 2. The summed E-state index contributed by atoms with van der Waals surface area (Å²) in [5.74, 6) is -0.0377. The molecule has 126 valence electrons. The SMILES string of the molecule is CN(Cc1ccccn1)C(=O)/C=C/c1ccc(-c2ccc(Br)cc2)s1. The maximum Gasteiger partial charge on any atom is 0.246 e. The Bertz CT molecular complexity index is 872. The van der Waals surface area contributed by atoms with Crippen molar-refractivity contribution in [3.8, 4) is 10.4 Å². The Hall–Kier alpha value is -2.24. The second kappa shape index (κ2) is 8.23. The van der Waals surface area contributed by atoms with Gasteiger partial charge in [-0.2, -0.15) is 0 Å². The van der Waals surface area contributed by atoms with Crippen LogP contribution in [0.25, 0.3) is 16.5 Å². The molecule has 1 aromatic carbocycles. The van der Waals surface area contributed by atoms with Gasteiger partial charge in [-0.3, -0.25) is 9.78 Å². The molecule has 0 fully saturated rings. The molecule has 0 aliphatic carbocycles. The number of carbonyl (C=O) groups is 1. The highest BCUT2D eigenvalue weighted by Gasteiger charge is 2.07. The minimum Gasteiger partial charge on any atom is -0.336 e. The lowest BCUT2D eigenvalue weighted by Gasteiger charge is -2.14. The molecule has 0 aliphatic rings. The summed E-state index contributed by atoms with van der Waals surface area (Å²) in [7, 11) is 1.78. The summed E-state index contributed by atoms with van der Waals surface area (Å²) in [6.45, 7) is 0.499. The molecule has 2 heterocycles. The molecular formula is C20H17BrN2OS. The van der Waals surface area contributed by atoms with Gasteiger partial charge >= 0.3 is 0 Å². The first-order chi connectivity index (χ1) is 12.1. The third-order valence-corrected chi connectivity index (χ3v) is 5.28. The number of hydrogen-bond donors (Lipinski definition) is 0. The molecule has 3 aromatic rings. The van der Waals surface area contributed by atoms with Gasteiger partial charge in [-0.25, -0.2) is 0 Å². The van der Waals surface area contributed by atoms with Crippen LogP contribution in [-0.2, 0) is 11.3 Å². The quantitative estimate of drug-likeness (QED) is 0.536. The predicted octanol–water partition coefficient (Wildman–Crippen LogP) is 5.24. The largest absolute Gasteiger partial charge is 0.336 e. The van der Waals surface area contributed by atoms with Crippen LogP contribution in [0, 0.1) is 0 Å². The summed E-state index contributed by atoms with van der Waals surface area (Å²) >= 11 is 5.11. The topological polar surface area (TPSA) is 33.2 Å². The van der Waals surface area contributed by atoms with E-state index in [2.05, 4.69) is 39.1 Å². The molecule has 0 unspecified atom stereocenters. The van der Waals surface area contributed by atoms with E-state index in [0.29, 0.717) is 6.54 Å². The molecule has 25 heavy (non-hydrogen) atoms. The van der Waals surface area contributed by atoms with Crippen LogP contribution >= 0.6 is 27.3 Å². The van der Waals surface area contributed by atoms with E-state index in [-0.39, 0.29) is 5.91 Å². The smallest absolute Gasteiger partial charge is 0.246 e. The van der Waals surface area contributed by atoms with Crippen LogP contribution in [0.1, 0.15) is 10.6 Å². The fraction of sp³-hybridized carbons (Fsp3) is 0.100. The molecule has 0 bridgehead atoms. The molecule has 2 aromatic heterocycles. The summed E-state index contributed by atoms with van der Waals surface area (Å²) in [6.07, 6.45) is 5.21. The maximum atomic E-state index is 12.2. The minimum absolute atomic E-state index is 0.0377. The van der Waals surface area contributed by atoms with Gasteiger partial charge in [0.15, 0.2) is 0 Å². The third-order valence-electron chi connectivity index (χ3n) is 3.65. The number of benzene rings is 1. The molecule has 0 saturated heterocycles. The van der Waals surface area contributed by atoms with Crippen LogP contribution in [-0.4, -0.2) is 22.8 Å². The van der Waals surface area contributed by atoms with Crippen molar-refractivity contribution in [3.63, 3.8) is 0 Å². The highest BCUT2D eigenvalue weighted by atomic mass is 79.9. The van der Waals surface area contributed by atoms with E-state index < -0.39 is 0 Å². The number of carbonyl (C=O) groups excluding carboxylic acids is 1. The molecule has 3 nitrogen and oxygen atoms in total. The maximum absolute atomic E-state index is 12.2. The van der Waals surface area contributed by atoms with Gasteiger partial charge in [0.25, 0.3) is 0 Å². The van der Waals surface area contributed by atoms with Crippen molar-refractivity contribution in [3.05, 3.63) is 81.9 Å². The van der Waals surface area contributed by atoms with E-state index in [1.165, 1.54) is 10.4 Å². The molecular weight excluding hydrogens is 396 g/mol. The van der Waals surface area contributed by atoms with Gasteiger partial charge in [-0.15, -0.1) is 11.3 Å². The first kappa shape index (κ1) is 17.6. The lowest BCUT2D eigenvalue weighted by atomic mass is 10.2. The zero-order valence-corrected chi connectivity index (χ0v) is 16.1. The van der Waals surface area contributed by atoms with Crippen LogP contribution in [0.3, 0.4) is 0 Å². The third kappa shape index (κ3) is 4.87. The number of aromatic nitrogens is 1. The van der Waals surface area contributed by atoms with Crippen molar-refractivity contribution in [1.82, 2.24) is 9.88 Å². The fourth-order valence-electron chi connectivity index (χ4n) is 2.30. The van der Waals surface area contributed by atoms with E-state index in [0.717, 1.165) is 15.0 Å². The Morgan fingerprint density at radius 3 is 2.68 bits per heavy atom. The second-order valence-corrected chi connectivity index (χ2v) is 7.59. The van der Waals surface area contributed by atoms with E-state index in [1.54, 1.807) is 35.6 Å². The zero-order valence-electron chi connectivity index (χ0n) is 13.7. The summed E-state index contributed by atoms with van der Waals surface area (Å²) in [6, 6.07) is 18.0. The number of pyridine rings is 1. The number of halogens is 1. The molecule has 0 radical (unpaired) electrons. The highest BCUT2D eigenvalue weighted by Crippen LogP contribution is 2.29. The molecule has 1 amide bonds. The van der Waals surface area contributed by atoms with Crippen molar-refractivity contribution in [2.45, 2.75) is 6.54 Å². The summed E-state index contributed by atoms with van der Waals surface area (Å²) in [4.78, 5) is 20.4. The monoisotopic (exact) mass is 412 g/mol. The Morgan fingerprint density at radius 1 is 1.16 bits per heavy atom. The van der Waals surface area contributed by atoms with Crippen LogP contribution in [0.4, 0.5) is 0 Å². The number of hydrogen-bond acceptors (Lipinski definition) is 3. The molecule has 0 N–H and O–H groups in total. The van der Waals surface area contributed by atoms with Crippen molar-refractivity contribution in [2.75, 3.05) is 7.05 Å². The normalized spacial score (nSPS) is 11.0. The number of rotatable bonds is 5. The molecule has 0 atom stereocenters. The molecule has 0 aliphatic heterocycles. The van der Waals surface area contributed by atoms with Gasteiger partial charge in [-0.05, 0) is 48.0 Å². The van der Waals surface area contributed by atoms with Crippen LogP contribution in [0.5, 0.6) is 0 Å². The van der Waals surface area contributed by atoms with Gasteiger partial charge in [0, 0.05) is 33.5 Å². The predicted molar refractivity (Wildman–Crippen MR) is 107 cm³/mol. The fourth-order valence-corrected chi connectivity index (χ4v) is 3.49. The Morgan fingerprint density at radius 2 is 1.96 bits per heavy atom. The average Bonchev–Trinajstić information content (AvgIpc) is 3.10. The Balaban J connectivity index is 1.63. The van der Waals surface area contributed by atoms with E-state index in [1.807, 2.05) is 42.5 Å². The van der Waals surface area contributed by atoms with Gasteiger partial charge in [0.1, 0.15) is 0 Å². The summed E-state index contributed by atoms with van der Waals surface area (Å²) in [5, 5.41) is 0. The van der Waals surface area contributed by atoms with Gasteiger partial charge in [-0.1, -0.05) is 34.1 Å². The lowest BCUT2D eigenvalue weighted by molar-refractivity contribution is -0.125. The van der Waals surface area contributed by atoms with E-state index >= 15 is 0 Å². The standard InChI is InChI=1S/C20H17BrN2OS/c1-23(14-17-4-2-3-13-22-17)20(24)12-10-18-9-11-19(25-18)15-5-7-16(21)8-6-15/h2-13H,14H2,1H3/b12-10+. The molecule has 3 rings (SSSR count). The number of likely N-dealkylation sites (N-methyl/N-ethyl adjacent to an activating group) is 1. The zero-order chi connectivity index (χ0) is 17.6. The van der Waals surface area contributed by atoms with Crippen LogP contribution < -0.4 is 0 Å². The second-order valence-electron chi connectivity index (χ2n) is 5.56. The minimum atomic E-state index is -0.0377. The Labute approximate surface area is 159 Å². The average molecular weight is 413 g/mol. The van der Waals surface area contributed by atoms with Crippen molar-refractivity contribution in [2.24, 2.45) is 0 Å². The highest BCUT2D eigenvalue weighted by molar-refractivity contribution is 9.10.